The van der Waals surface area contributed by atoms with Gasteiger partial charge in [-0.15, -0.1) is 0 Å². The van der Waals surface area contributed by atoms with E-state index in [1.54, 1.807) is 19.3 Å². The predicted octanol–water partition coefficient (Wildman–Crippen LogP) is 8.63. The molecule has 0 unspecified atom stereocenters. The summed E-state index contributed by atoms with van der Waals surface area (Å²) >= 11 is 0. The van der Waals surface area contributed by atoms with Gasteiger partial charge >= 0.3 is 0 Å². The average molecular weight is 809 g/mol. The number of halogens is 4. The number of fused-ring (bicyclic) bond motifs is 2. The van der Waals surface area contributed by atoms with Crippen LogP contribution in [0.5, 0.6) is 0 Å². The van der Waals surface area contributed by atoms with Gasteiger partial charge in [0.25, 0.3) is 17.8 Å². The fourth-order valence-corrected chi connectivity index (χ4v) is 6.89. The number of imidazole rings is 2. The SMILES string of the molecule is CCCC(F)(F)COCC(=O)N[C@H](c1nc2ccc(-c3cnc(-c4ccc5nc([C@@H](NC(=O)[C@@]6(C)CCC(F)(F)CO6)C(C)(C)C)[nH]c5c4)cn3)cc2[nH]1)C(C)(C)C. The van der Waals surface area contributed by atoms with Crippen molar-refractivity contribution < 1.29 is 36.6 Å². The molecule has 0 aliphatic carbocycles. The van der Waals surface area contributed by atoms with Crippen LogP contribution in [0, 0.1) is 10.8 Å². The molecule has 312 valence electrons. The third-order valence-electron chi connectivity index (χ3n) is 10.3. The first-order valence-corrected chi connectivity index (χ1v) is 19.5. The second-order valence-corrected chi connectivity index (χ2v) is 17.6. The molecular formula is C42H52F4N8O4. The van der Waals surface area contributed by atoms with Gasteiger partial charge in [-0.25, -0.2) is 27.5 Å². The molecule has 0 radical (unpaired) electrons. The van der Waals surface area contributed by atoms with Crippen LogP contribution >= 0.6 is 0 Å². The number of hydrogen-bond donors (Lipinski definition) is 4. The number of ether oxygens (including phenoxy) is 2. The first-order chi connectivity index (χ1) is 27.1. The number of amides is 2. The minimum absolute atomic E-state index is 0.101. The second kappa shape index (κ2) is 16.0. The minimum atomic E-state index is -2.99. The number of aromatic nitrogens is 6. The Morgan fingerprint density at radius 1 is 0.845 bits per heavy atom. The molecule has 4 N–H and O–H groups in total. The van der Waals surface area contributed by atoms with Gasteiger partial charge in [0.2, 0.25) is 5.91 Å². The Morgan fingerprint density at radius 3 is 1.81 bits per heavy atom. The number of rotatable bonds is 13. The van der Waals surface area contributed by atoms with Crippen LogP contribution in [0.1, 0.15) is 105 Å². The molecule has 2 amide bonds. The molecule has 5 aromatic rings. The van der Waals surface area contributed by atoms with Crippen molar-refractivity contribution in [1.29, 1.82) is 0 Å². The normalized spacial score (nSPS) is 18.6. The van der Waals surface area contributed by atoms with Gasteiger partial charge in [0, 0.05) is 24.0 Å². The van der Waals surface area contributed by atoms with Crippen molar-refractivity contribution in [2.45, 2.75) is 111 Å². The zero-order valence-corrected chi connectivity index (χ0v) is 34.2. The van der Waals surface area contributed by atoms with Crippen molar-refractivity contribution in [3.05, 3.63) is 60.4 Å². The zero-order chi connectivity index (χ0) is 42.3. The van der Waals surface area contributed by atoms with Crippen molar-refractivity contribution in [2.24, 2.45) is 10.8 Å². The van der Waals surface area contributed by atoms with Gasteiger partial charge in [0.15, 0.2) is 0 Å². The third-order valence-corrected chi connectivity index (χ3v) is 10.3. The van der Waals surface area contributed by atoms with Gasteiger partial charge in [0.1, 0.15) is 37.1 Å². The Labute approximate surface area is 334 Å². The lowest BCUT2D eigenvalue weighted by atomic mass is 9.85. The lowest BCUT2D eigenvalue weighted by Gasteiger charge is -2.38. The maximum Gasteiger partial charge on any atom is 0.271 e. The Bertz CT molecular complexity index is 2250. The standard InChI is InChI=1S/C42H52F4N8O4/c1-9-14-41(43,44)22-57-21-32(55)53-33(38(2,3)4)35-49-26-12-10-24(17-28(26)51-35)30-19-48-31(20-47-30)25-11-13-27-29(18-25)52-36(50-27)34(39(5,6)7)54-37(56)40(8)15-16-42(45,46)23-58-40/h10-13,17-20,33-34H,9,14-16,21-23H2,1-8H3,(H,49,51)(H,50,52)(H,53,55)(H,54,56)/t33-,34-,40-/m1/s1. The van der Waals surface area contributed by atoms with Crippen molar-refractivity contribution in [1.82, 2.24) is 40.5 Å². The van der Waals surface area contributed by atoms with E-state index in [1.807, 2.05) is 77.9 Å². The molecule has 4 heterocycles. The highest BCUT2D eigenvalue weighted by molar-refractivity contribution is 5.86. The van der Waals surface area contributed by atoms with E-state index in [1.165, 1.54) is 6.92 Å². The summed E-state index contributed by atoms with van der Waals surface area (Å²) < 4.78 is 65.7. The van der Waals surface area contributed by atoms with Crippen LogP contribution in [0.4, 0.5) is 17.6 Å². The number of carbonyl (C=O) groups excluding carboxylic acids is 2. The smallest absolute Gasteiger partial charge is 0.271 e. The van der Waals surface area contributed by atoms with Crippen LogP contribution in [0.3, 0.4) is 0 Å². The molecular weight excluding hydrogens is 757 g/mol. The molecule has 3 aromatic heterocycles. The van der Waals surface area contributed by atoms with E-state index in [0.29, 0.717) is 51.5 Å². The third kappa shape index (κ3) is 9.83. The van der Waals surface area contributed by atoms with Crippen LogP contribution in [0.2, 0.25) is 0 Å². The average Bonchev–Trinajstić information content (AvgIpc) is 3.76. The number of nitrogens with zero attached hydrogens (tertiary/aromatic N) is 4. The van der Waals surface area contributed by atoms with Crippen molar-refractivity contribution in [3.8, 4) is 22.5 Å². The van der Waals surface area contributed by atoms with E-state index in [-0.39, 0.29) is 12.8 Å². The Balaban J connectivity index is 1.16. The Kier molecular flexibility index (Phi) is 11.8. The van der Waals surface area contributed by atoms with Gasteiger partial charge in [-0.3, -0.25) is 19.6 Å². The number of benzene rings is 2. The lowest BCUT2D eigenvalue weighted by molar-refractivity contribution is -0.190. The molecule has 0 spiro atoms. The Morgan fingerprint density at radius 2 is 1.36 bits per heavy atom. The van der Waals surface area contributed by atoms with E-state index < -0.39 is 78.4 Å². The highest BCUT2D eigenvalue weighted by Gasteiger charge is 2.47. The summed E-state index contributed by atoms with van der Waals surface area (Å²) in [5.74, 6) is -5.90. The van der Waals surface area contributed by atoms with Crippen LogP contribution in [0.25, 0.3) is 44.6 Å². The van der Waals surface area contributed by atoms with E-state index in [4.69, 9.17) is 29.4 Å². The van der Waals surface area contributed by atoms with Crippen LogP contribution < -0.4 is 10.6 Å². The fraction of sp³-hybridized carbons (Fsp3) is 0.524. The predicted molar refractivity (Wildman–Crippen MR) is 212 cm³/mol. The summed E-state index contributed by atoms with van der Waals surface area (Å²) in [7, 11) is 0. The van der Waals surface area contributed by atoms with Gasteiger partial charge in [-0.05, 0) is 48.4 Å². The molecule has 16 heteroatoms. The lowest BCUT2D eigenvalue weighted by Crippen LogP contribution is -2.54. The highest BCUT2D eigenvalue weighted by Crippen LogP contribution is 2.38. The maximum atomic E-state index is 13.9. The van der Waals surface area contributed by atoms with Crippen LogP contribution in [0.15, 0.2) is 48.8 Å². The minimum Gasteiger partial charge on any atom is -0.365 e. The molecule has 58 heavy (non-hydrogen) atoms. The van der Waals surface area contributed by atoms with E-state index >= 15 is 0 Å². The van der Waals surface area contributed by atoms with E-state index in [9.17, 15) is 27.2 Å². The van der Waals surface area contributed by atoms with Gasteiger partial charge < -0.3 is 30.1 Å². The van der Waals surface area contributed by atoms with E-state index in [2.05, 4.69) is 20.6 Å². The number of carbonyl (C=O) groups is 2. The summed E-state index contributed by atoms with van der Waals surface area (Å²) in [6.07, 6.45) is 2.82. The zero-order valence-electron chi connectivity index (χ0n) is 34.2. The summed E-state index contributed by atoms with van der Waals surface area (Å²) in [5, 5.41) is 5.91. The molecule has 1 aliphatic heterocycles. The molecule has 3 atom stereocenters. The maximum absolute atomic E-state index is 13.9. The highest BCUT2D eigenvalue weighted by atomic mass is 19.3. The summed E-state index contributed by atoms with van der Waals surface area (Å²) in [4.78, 5) is 51.7. The topological polar surface area (TPSA) is 160 Å². The second-order valence-electron chi connectivity index (χ2n) is 17.6. The molecule has 12 nitrogen and oxygen atoms in total. The van der Waals surface area contributed by atoms with E-state index in [0.717, 1.165) is 11.1 Å². The summed E-state index contributed by atoms with van der Waals surface area (Å²) in [5.41, 5.74) is 3.23. The van der Waals surface area contributed by atoms with Crippen molar-refractivity contribution in [2.75, 3.05) is 19.8 Å². The molecule has 2 aromatic carbocycles. The van der Waals surface area contributed by atoms with Crippen LogP contribution in [-0.2, 0) is 19.1 Å². The number of nitrogens with one attached hydrogen (secondary N) is 4. The molecule has 0 saturated carbocycles. The number of hydrogen-bond acceptors (Lipinski definition) is 8. The van der Waals surface area contributed by atoms with Gasteiger partial charge in [-0.2, -0.15) is 0 Å². The van der Waals surface area contributed by atoms with Gasteiger partial charge in [0.05, 0.1) is 57.9 Å². The van der Waals surface area contributed by atoms with Crippen molar-refractivity contribution in [3.63, 3.8) is 0 Å². The number of H-pyrrole nitrogens is 2. The monoisotopic (exact) mass is 808 g/mol. The molecule has 1 fully saturated rings. The molecule has 6 rings (SSSR count). The first-order valence-electron chi connectivity index (χ1n) is 19.5. The molecule has 1 saturated heterocycles. The fourth-order valence-electron chi connectivity index (χ4n) is 6.89. The summed E-state index contributed by atoms with van der Waals surface area (Å²) in [6.45, 7) is 12.8. The van der Waals surface area contributed by atoms with Crippen LogP contribution in [-0.4, -0.2) is 79.0 Å². The molecule has 1 aliphatic rings. The summed E-state index contributed by atoms with van der Waals surface area (Å²) in [6, 6.07) is 10.1. The Hall–Kier alpha value is -4.96. The number of alkyl halides is 4. The van der Waals surface area contributed by atoms with Gasteiger partial charge in [-0.1, -0.05) is 67.0 Å². The largest absolute Gasteiger partial charge is 0.365 e. The van der Waals surface area contributed by atoms with Crippen molar-refractivity contribution >= 4 is 33.9 Å². The first kappa shape index (κ1) is 42.6. The molecule has 0 bridgehead atoms. The quantitative estimate of drug-likeness (QED) is 0.0861. The number of aromatic amines is 2.